The molecular formula is C9H12O3. The zero-order valence-electron chi connectivity index (χ0n) is 6.86. The minimum absolute atomic E-state index is 0.00227. The number of hydrogen-bond donors (Lipinski definition) is 0. The van der Waals surface area contributed by atoms with Crippen LogP contribution in [0.5, 0.6) is 0 Å². The fourth-order valence-electron chi connectivity index (χ4n) is 1.67. The number of hydrogen-bond acceptors (Lipinski definition) is 3. The predicted octanol–water partition coefficient (Wildman–Crippen LogP) is 2.02. The third kappa shape index (κ3) is 1.44. The first kappa shape index (κ1) is 7.65. The second kappa shape index (κ2) is 3.17. The Morgan fingerprint density at radius 2 is 1.58 bits per heavy atom. The van der Waals surface area contributed by atoms with Crippen molar-refractivity contribution in [1.82, 2.24) is 0 Å². The van der Waals surface area contributed by atoms with Gasteiger partial charge >= 0.3 is 6.16 Å². The molecule has 1 fully saturated rings. The molecule has 0 saturated carbocycles. The highest BCUT2D eigenvalue weighted by molar-refractivity contribution is 5.62. The van der Waals surface area contributed by atoms with Crippen LogP contribution in [0, 0.1) is 0 Å². The second-order valence-corrected chi connectivity index (χ2v) is 3.19. The lowest BCUT2D eigenvalue weighted by Gasteiger charge is -2.15. The van der Waals surface area contributed by atoms with Crippen LogP contribution in [-0.2, 0) is 9.47 Å². The maximum atomic E-state index is 10.8. The predicted molar refractivity (Wildman–Crippen MR) is 42.8 cm³/mol. The van der Waals surface area contributed by atoms with Gasteiger partial charge in [0.2, 0.25) is 0 Å². The molecule has 1 heterocycles. The average Bonchev–Trinajstić information content (AvgIpc) is 2.32. The summed E-state index contributed by atoms with van der Waals surface area (Å²) in [5.41, 5.74) is 0. The molecule has 3 heteroatoms. The Morgan fingerprint density at radius 1 is 1.08 bits per heavy atom. The average molecular weight is 168 g/mol. The Morgan fingerprint density at radius 3 is 2.08 bits per heavy atom. The standard InChI is InChI=1S/C9H12O3/c10-9-11-7-5-3-1-2-4-6-8(7)12-9/h1-2,7-8H,3-6H2/b2-1-/t7-,8-/m0/s1. The van der Waals surface area contributed by atoms with E-state index < -0.39 is 6.16 Å². The molecule has 2 atom stereocenters. The van der Waals surface area contributed by atoms with Crippen LogP contribution >= 0.6 is 0 Å². The van der Waals surface area contributed by atoms with Gasteiger partial charge in [-0.3, -0.25) is 0 Å². The zero-order valence-corrected chi connectivity index (χ0v) is 6.86. The summed E-state index contributed by atoms with van der Waals surface area (Å²) in [4.78, 5) is 10.8. The van der Waals surface area contributed by atoms with Crippen molar-refractivity contribution >= 4 is 6.16 Å². The molecule has 66 valence electrons. The normalized spacial score (nSPS) is 37.2. The molecule has 0 radical (unpaired) electrons. The quantitative estimate of drug-likeness (QED) is 0.410. The van der Waals surface area contributed by atoms with E-state index in [2.05, 4.69) is 12.2 Å². The van der Waals surface area contributed by atoms with E-state index in [0.29, 0.717) is 0 Å². The monoisotopic (exact) mass is 168 g/mol. The van der Waals surface area contributed by atoms with E-state index in [-0.39, 0.29) is 12.2 Å². The molecular weight excluding hydrogens is 156 g/mol. The van der Waals surface area contributed by atoms with Crippen LogP contribution in [0.25, 0.3) is 0 Å². The molecule has 0 bridgehead atoms. The zero-order chi connectivity index (χ0) is 8.39. The van der Waals surface area contributed by atoms with E-state index in [1.54, 1.807) is 0 Å². The van der Waals surface area contributed by atoms with Crippen LogP contribution in [-0.4, -0.2) is 18.4 Å². The van der Waals surface area contributed by atoms with E-state index >= 15 is 0 Å². The Hall–Kier alpha value is -0.990. The molecule has 0 aromatic rings. The van der Waals surface area contributed by atoms with Gasteiger partial charge in [-0.1, -0.05) is 12.2 Å². The molecule has 0 spiro atoms. The first-order chi connectivity index (χ1) is 5.86. The maximum absolute atomic E-state index is 10.8. The molecule has 0 N–H and O–H groups in total. The number of fused-ring (bicyclic) bond motifs is 1. The van der Waals surface area contributed by atoms with Gasteiger partial charge in [-0.15, -0.1) is 0 Å². The van der Waals surface area contributed by atoms with Gasteiger partial charge < -0.3 is 9.47 Å². The van der Waals surface area contributed by atoms with Gasteiger partial charge in [-0.05, 0) is 25.7 Å². The van der Waals surface area contributed by atoms with E-state index in [0.717, 1.165) is 25.7 Å². The van der Waals surface area contributed by atoms with E-state index in [9.17, 15) is 4.79 Å². The van der Waals surface area contributed by atoms with Gasteiger partial charge in [0, 0.05) is 0 Å². The van der Waals surface area contributed by atoms with Crippen LogP contribution in [0.4, 0.5) is 4.79 Å². The van der Waals surface area contributed by atoms with Crippen molar-refractivity contribution in [2.75, 3.05) is 0 Å². The lowest BCUT2D eigenvalue weighted by atomic mass is 10.0. The topological polar surface area (TPSA) is 35.5 Å². The number of carbonyl (C=O) groups is 1. The number of carbonyl (C=O) groups excluding carboxylic acids is 1. The SMILES string of the molecule is O=C1O[C@H]2CC/C=C\CC[C@@H]2O1. The van der Waals surface area contributed by atoms with Crippen LogP contribution in [0.3, 0.4) is 0 Å². The highest BCUT2D eigenvalue weighted by Crippen LogP contribution is 2.25. The smallest absolute Gasteiger partial charge is 0.427 e. The van der Waals surface area contributed by atoms with Crippen LogP contribution < -0.4 is 0 Å². The van der Waals surface area contributed by atoms with Gasteiger partial charge in [-0.25, -0.2) is 4.79 Å². The molecule has 0 unspecified atom stereocenters. The summed E-state index contributed by atoms with van der Waals surface area (Å²) in [6.07, 6.45) is 7.55. The molecule has 0 aromatic carbocycles. The van der Waals surface area contributed by atoms with Crippen LogP contribution in [0.15, 0.2) is 12.2 Å². The summed E-state index contributed by atoms with van der Waals surface area (Å²) >= 11 is 0. The molecule has 2 rings (SSSR count). The summed E-state index contributed by atoms with van der Waals surface area (Å²) in [6, 6.07) is 0. The molecule has 1 aliphatic carbocycles. The lowest BCUT2D eigenvalue weighted by molar-refractivity contribution is 0.114. The van der Waals surface area contributed by atoms with Crippen molar-refractivity contribution in [2.45, 2.75) is 37.9 Å². The number of ether oxygens (including phenoxy) is 2. The van der Waals surface area contributed by atoms with Crippen molar-refractivity contribution in [3.8, 4) is 0 Å². The summed E-state index contributed by atoms with van der Waals surface area (Å²) in [5.74, 6) is 0. The van der Waals surface area contributed by atoms with Gasteiger partial charge in [-0.2, -0.15) is 0 Å². The van der Waals surface area contributed by atoms with Crippen molar-refractivity contribution in [3.05, 3.63) is 12.2 Å². The molecule has 0 amide bonds. The first-order valence-corrected chi connectivity index (χ1v) is 4.38. The third-order valence-corrected chi connectivity index (χ3v) is 2.31. The van der Waals surface area contributed by atoms with E-state index in [1.165, 1.54) is 0 Å². The highest BCUT2D eigenvalue weighted by atomic mass is 16.8. The van der Waals surface area contributed by atoms with Crippen LogP contribution in [0.2, 0.25) is 0 Å². The van der Waals surface area contributed by atoms with E-state index in [1.807, 2.05) is 0 Å². The Labute approximate surface area is 71.3 Å². The fourth-order valence-corrected chi connectivity index (χ4v) is 1.67. The van der Waals surface area contributed by atoms with Gasteiger partial charge in [0.1, 0.15) is 12.2 Å². The van der Waals surface area contributed by atoms with Gasteiger partial charge in [0.05, 0.1) is 0 Å². The fraction of sp³-hybridized carbons (Fsp3) is 0.667. The summed E-state index contributed by atoms with van der Waals surface area (Å²) in [6.45, 7) is 0. The summed E-state index contributed by atoms with van der Waals surface area (Å²) < 4.78 is 10.0. The van der Waals surface area contributed by atoms with Crippen molar-refractivity contribution in [3.63, 3.8) is 0 Å². The second-order valence-electron chi connectivity index (χ2n) is 3.19. The van der Waals surface area contributed by atoms with Crippen molar-refractivity contribution in [1.29, 1.82) is 0 Å². The molecule has 1 aliphatic heterocycles. The first-order valence-electron chi connectivity index (χ1n) is 4.38. The summed E-state index contributed by atoms with van der Waals surface area (Å²) in [5, 5.41) is 0. The van der Waals surface area contributed by atoms with Gasteiger partial charge in [0.15, 0.2) is 0 Å². The molecule has 3 nitrogen and oxygen atoms in total. The Balaban J connectivity index is 2.02. The molecule has 0 aromatic heterocycles. The molecule has 1 saturated heterocycles. The molecule has 2 aliphatic rings. The van der Waals surface area contributed by atoms with Gasteiger partial charge in [0.25, 0.3) is 0 Å². The van der Waals surface area contributed by atoms with E-state index in [4.69, 9.17) is 9.47 Å². The van der Waals surface area contributed by atoms with Crippen molar-refractivity contribution in [2.24, 2.45) is 0 Å². The third-order valence-electron chi connectivity index (χ3n) is 2.31. The minimum atomic E-state index is -0.494. The maximum Gasteiger partial charge on any atom is 0.509 e. The highest BCUT2D eigenvalue weighted by Gasteiger charge is 2.35. The Bertz CT molecular complexity index is 190. The summed E-state index contributed by atoms with van der Waals surface area (Å²) in [7, 11) is 0. The minimum Gasteiger partial charge on any atom is -0.427 e. The number of rotatable bonds is 0. The van der Waals surface area contributed by atoms with Crippen molar-refractivity contribution < 1.29 is 14.3 Å². The number of allylic oxidation sites excluding steroid dienone is 2. The largest absolute Gasteiger partial charge is 0.509 e. The Kier molecular flexibility index (Phi) is 2.02. The molecule has 12 heavy (non-hydrogen) atoms. The lowest BCUT2D eigenvalue weighted by Crippen LogP contribution is -2.22. The van der Waals surface area contributed by atoms with Crippen LogP contribution in [0.1, 0.15) is 25.7 Å².